The fraction of sp³-hybridized carbons (Fsp3) is 0.417. The molecule has 0 bridgehead atoms. The van der Waals surface area contributed by atoms with Gasteiger partial charge in [-0.25, -0.2) is 0 Å². The highest BCUT2D eigenvalue weighted by Gasteiger charge is 2.30. The SMILES string of the molecule is O=C(O)C(c1cc(Br)ccc1Cl)N1CCOCC1. The molecule has 6 heteroatoms. The van der Waals surface area contributed by atoms with E-state index in [2.05, 4.69) is 15.9 Å². The van der Waals surface area contributed by atoms with Gasteiger partial charge in [-0.05, 0) is 18.2 Å². The lowest BCUT2D eigenvalue weighted by molar-refractivity contribution is -0.145. The molecule has 1 N–H and O–H groups in total. The third kappa shape index (κ3) is 3.03. The molecule has 0 spiro atoms. The molecule has 0 amide bonds. The smallest absolute Gasteiger partial charge is 0.325 e. The number of rotatable bonds is 3. The lowest BCUT2D eigenvalue weighted by Gasteiger charge is -2.32. The van der Waals surface area contributed by atoms with Gasteiger partial charge in [0.25, 0.3) is 0 Å². The summed E-state index contributed by atoms with van der Waals surface area (Å²) in [7, 11) is 0. The molecular formula is C12H13BrClNO3. The zero-order valence-electron chi connectivity index (χ0n) is 9.60. The molecule has 2 rings (SSSR count). The van der Waals surface area contributed by atoms with Crippen LogP contribution in [-0.4, -0.2) is 42.3 Å². The van der Waals surface area contributed by atoms with E-state index in [0.29, 0.717) is 36.9 Å². The first kappa shape index (κ1) is 13.8. The predicted molar refractivity (Wildman–Crippen MR) is 71.9 cm³/mol. The van der Waals surface area contributed by atoms with Crippen molar-refractivity contribution in [1.29, 1.82) is 0 Å². The van der Waals surface area contributed by atoms with Crippen LogP contribution in [0.5, 0.6) is 0 Å². The number of carboxylic acid groups (broad SMARTS) is 1. The number of ether oxygens (including phenoxy) is 1. The summed E-state index contributed by atoms with van der Waals surface area (Å²) in [6, 6.07) is 4.54. The fourth-order valence-corrected chi connectivity index (χ4v) is 2.65. The van der Waals surface area contributed by atoms with E-state index < -0.39 is 12.0 Å². The van der Waals surface area contributed by atoms with Crippen molar-refractivity contribution >= 4 is 33.5 Å². The van der Waals surface area contributed by atoms with Crippen molar-refractivity contribution in [3.63, 3.8) is 0 Å². The maximum absolute atomic E-state index is 11.5. The minimum atomic E-state index is -0.892. The zero-order valence-corrected chi connectivity index (χ0v) is 11.9. The van der Waals surface area contributed by atoms with Gasteiger partial charge in [-0.15, -0.1) is 0 Å². The van der Waals surface area contributed by atoms with E-state index in [0.717, 1.165) is 4.47 Å². The van der Waals surface area contributed by atoms with Crippen molar-refractivity contribution in [2.45, 2.75) is 6.04 Å². The number of aliphatic carboxylic acids is 1. The second kappa shape index (κ2) is 6.02. The minimum Gasteiger partial charge on any atom is -0.480 e. The normalized spacial score (nSPS) is 18.6. The second-order valence-electron chi connectivity index (χ2n) is 4.05. The summed E-state index contributed by atoms with van der Waals surface area (Å²) in [5, 5.41) is 9.91. The van der Waals surface area contributed by atoms with Gasteiger partial charge < -0.3 is 9.84 Å². The molecule has 0 aliphatic carbocycles. The Morgan fingerprint density at radius 3 is 2.72 bits per heavy atom. The average molecular weight is 335 g/mol. The predicted octanol–water partition coefficient (Wildman–Crippen LogP) is 2.56. The summed E-state index contributed by atoms with van der Waals surface area (Å²) in [6.07, 6.45) is 0. The average Bonchev–Trinajstić information content (AvgIpc) is 2.35. The second-order valence-corrected chi connectivity index (χ2v) is 5.38. The Kier molecular flexibility index (Phi) is 4.61. The Labute approximate surface area is 119 Å². The standard InChI is InChI=1S/C12H13BrClNO3/c13-8-1-2-10(14)9(7-8)11(12(16)17)15-3-5-18-6-4-15/h1-2,7,11H,3-6H2,(H,16,17). The molecule has 1 aliphatic rings. The molecule has 1 fully saturated rings. The molecule has 18 heavy (non-hydrogen) atoms. The van der Waals surface area contributed by atoms with E-state index in [1.54, 1.807) is 18.2 Å². The van der Waals surface area contributed by atoms with Gasteiger partial charge in [0.1, 0.15) is 6.04 Å². The first-order valence-electron chi connectivity index (χ1n) is 5.59. The Morgan fingerprint density at radius 1 is 1.44 bits per heavy atom. The third-order valence-corrected chi connectivity index (χ3v) is 3.73. The number of halogens is 2. The summed E-state index contributed by atoms with van der Waals surface area (Å²) in [6.45, 7) is 2.30. The van der Waals surface area contributed by atoms with Crippen LogP contribution in [0.3, 0.4) is 0 Å². The summed E-state index contributed by atoms with van der Waals surface area (Å²) in [5.41, 5.74) is 0.612. The number of carbonyl (C=O) groups is 1. The van der Waals surface area contributed by atoms with Crippen LogP contribution in [0.15, 0.2) is 22.7 Å². The molecule has 1 unspecified atom stereocenters. The lowest BCUT2D eigenvalue weighted by Crippen LogP contribution is -2.42. The van der Waals surface area contributed by atoms with Crippen molar-refractivity contribution in [3.8, 4) is 0 Å². The van der Waals surface area contributed by atoms with Crippen LogP contribution in [0.1, 0.15) is 11.6 Å². The summed E-state index contributed by atoms with van der Waals surface area (Å²) in [4.78, 5) is 13.4. The Bertz CT molecular complexity index is 449. The molecule has 0 saturated carbocycles. The number of hydrogen-bond acceptors (Lipinski definition) is 3. The minimum absolute atomic E-state index is 0.470. The molecule has 1 heterocycles. The highest BCUT2D eigenvalue weighted by molar-refractivity contribution is 9.10. The maximum Gasteiger partial charge on any atom is 0.325 e. The molecule has 1 aliphatic heterocycles. The zero-order chi connectivity index (χ0) is 13.1. The van der Waals surface area contributed by atoms with Crippen LogP contribution in [0, 0.1) is 0 Å². The van der Waals surface area contributed by atoms with Crippen molar-refractivity contribution in [2.24, 2.45) is 0 Å². The third-order valence-electron chi connectivity index (χ3n) is 2.90. The molecular weight excluding hydrogens is 321 g/mol. The Morgan fingerprint density at radius 2 is 2.11 bits per heavy atom. The summed E-state index contributed by atoms with van der Waals surface area (Å²) in [5.74, 6) is -0.892. The number of nitrogens with zero attached hydrogens (tertiary/aromatic N) is 1. The number of hydrogen-bond donors (Lipinski definition) is 1. The first-order valence-corrected chi connectivity index (χ1v) is 6.76. The van der Waals surface area contributed by atoms with Crippen LogP contribution >= 0.6 is 27.5 Å². The summed E-state index contributed by atoms with van der Waals surface area (Å²) >= 11 is 9.46. The summed E-state index contributed by atoms with van der Waals surface area (Å²) < 4.78 is 6.06. The van der Waals surface area contributed by atoms with Crippen LogP contribution in [-0.2, 0) is 9.53 Å². The highest BCUT2D eigenvalue weighted by Crippen LogP contribution is 2.31. The van der Waals surface area contributed by atoms with Crippen molar-refractivity contribution in [3.05, 3.63) is 33.3 Å². The quantitative estimate of drug-likeness (QED) is 0.923. The Balaban J connectivity index is 2.34. The fourth-order valence-electron chi connectivity index (χ4n) is 2.05. The molecule has 1 atom stereocenters. The van der Waals surface area contributed by atoms with Crippen LogP contribution in [0.2, 0.25) is 5.02 Å². The van der Waals surface area contributed by atoms with Gasteiger partial charge in [0.15, 0.2) is 0 Å². The van der Waals surface area contributed by atoms with Crippen molar-refractivity contribution < 1.29 is 14.6 Å². The van der Waals surface area contributed by atoms with Crippen LogP contribution < -0.4 is 0 Å². The molecule has 1 aromatic rings. The lowest BCUT2D eigenvalue weighted by atomic mass is 10.0. The number of benzene rings is 1. The topological polar surface area (TPSA) is 49.8 Å². The highest BCUT2D eigenvalue weighted by atomic mass is 79.9. The van der Waals surface area contributed by atoms with Crippen LogP contribution in [0.25, 0.3) is 0 Å². The van der Waals surface area contributed by atoms with Gasteiger partial charge in [0, 0.05) is 28.1 Å². The van der Waals surface area contributed by atoms with E-state index in [1.165, 1.54) is 0 Å². The monoisotopic (exact) mass is 333 g/mol. The number of morpholine rings is 1. The largest absolute Gasteiger partial charge is 0.480 e. The first-order chi connectivity index (χ1) is 8.59. The van der Waals surface area contributed by atoms with Gasteiger partial charge in [-0.3, -0.25) is 9.69 Å². The van der Waals surface area contributed by atoms with Gasteiger partial charge in [0.05, 0.1) is 13.2 Å². The van der Waals surface area contributed by atoms with Gasteiger partial charge in [-0.2, -0.15) is 0 Å². The Hall–Kier alpha value is -0.620. The molecule has 1 aromatic carbocycles. The van der Waals surface area contributed by atoms with E-state index >= 15 is 0 Å². The molecule has 0 aromatic heterocycles. The molecule has 98 valence electrons. The molecule has 4 nitrogen and oxygen atoms in total. The van der Waals surface area contributed by atoms with E-state index in [4.69, 9.17) is 16.3 Å². The molecule has 0 radical (unpaired) electrons. The van der Waals surface area contributed by atoms with Gasteiger partial charge >= 0.3 is 5.97 Å². The number of carboxylic acids is 1. The van der Waals surface area contributed by atoms with Crippen molar-refractivity contribution in [2.75, 3.05) is 26.3 Å². The van der Waals surface area contributed by atoms with Gasteiger partial charge in [-0.1, -0.05) is 27.5 Å². The van der Waals surface area contributed by atoms with E-state index in [1.807, 2.05) is 4.90 Å². The maximum atomic E-state index is 11.5. The van der Waals surface area contributed by atoms with Gasteiger partial charge in [0.2, 0.25) is 0 Å². The van der Waals surface area contributed by atoms with Crippen LogP contribution in [0.4, 0.5) is 0 Å². The van der Waals surface area contributed by atoms with E-state index in [9.17, 15) is 9.90 Å². The van der Waals surface area contributed by atoms with E-state index in [-0.39, 0.29) is 0 Å². The van der Waals surface area contributed by atoms with Crippen molar-refractivity contribution in [1.82, 2.24) is 4.90 Å². The molecule has 1 saturated heterocycles.